The number of phenols is 1. The molecule has 1 saturated heterocycles. The zero-order chi connectivity index (χ0) is 17.6. The van der Waals surface area contributed by atoms with Gasteiger partial charge >= 0.3 is 0 Å². The molecule has 2 aromatic rings. The van der Waals surface area contributed by atoms with Gasteiger partial charge in [-0.15, -0.1) is 0 Å². The topological polar surface area (TPSA) is 50.7 Å². The quantitative estimate of drug-likeness (QED) is 0.813. The van der Waals surface area contributed by atoms with E-state index in [-0.39, 0.29) is 29.4 Å². The second-order valence-electron chi connectivity index (χ2n) is 7.89. The Bertz CT molecular complexity index is 764. The molecule has 132 valence electrons. The number of phenolic OH excluding ortho intramolecular Hbond substituents is 1. The van der Waals surface area contributed by atoms with E-state index in [9.17, 15) is 5.11 Å². The van der Waals surface area contributed by atoms with Crippen LogP contribution in [0.25, 0.3) is 0 Å². The predicted molar refractivity (Wildman–Crippen MR) is 98.0 cm³/mol. The van der Waals surface area contributed by atoms with E-state index in [1.54, 1.807) is 12.1 Å². The van der Waals surface area contributed by atoms with Gasteiger partial charge in [0.15, 0.2) is 0 Å². The smallest absolute Gasteiger partial charge is 0.115 e. The lowest BCUT2D eigenvalue weighted by molar-refractivity contribution is -0.151. The normalized spacial score (nSPS) is 25.6. The summed E-state index contributed by atoms with van der Waals surface area (Å²) in [5, 5.41) is 13.2. The van der Waals surface area contributed by atoms with Gasteiger partial charge in [-0.1, -0.05) is 45.0 Å². The van der Waals surface area contributed by atoms with Crippen LogP contribution in [0.15, 0.2) is 42.5 Å². The third-order valence-electron chi connectivity index (χ3n) is 5.11. The Morgan fingerprint density at radius 2 is 1.72 bits per heavy atom. The fraction of sp³-hybridized carbons (Fsp3) is 0.429. The first-order valence-corrected chi connectivity index (χ1v) is 8.86. The molecule has 0 radical (unpaired) electrons. The molecule has 0 aromatic heterocycles. The fourth-order valence-corrected chi connectivity index (χ4v) is 3.68. The van der Waals surface area contributed by atoms with E-state index >= 15 is 0 Å². The number of nitrogens with one attached hydrogen (secondary N) is 1. The highest BCUT2D eigenvalue weighted by atomic mass is 16.6. The first kappa shape index (κ1) is 16.4. The van der Waals surface area contributed by atoms with E-state index in [2.05, 4.69) is 44.3 Å². The first-order chi connectivity index (χ1) is 11.9. The Kier molecular flexibility index (Phi) is 3.97. The van der Waals surface area contributed by atoms with Crippen molar-refractivity contribution in [2.45, 2.75) is 44.4 Å². The molecular formula is C21H25NO3. The summed E-state index contributed by atoms with van der Waals surface area (Å²) in [5.74, 6) is 0.271. The van der Waals surface area contributed by atoms with Gasteiger partial charge in [0.2, 0.25) is 0 Å². The highest BCUT2D eigenvalue weighted by molar-refractivity contribution is 5.59. The molecule has 1 fully saturated rings. The number of ether oxygens (including phenoxy) is 2. The number of benzene rings is 2. The zero-order valence-corrected chi connectivity index (χ0v) is 15.0. The van der Waals surface area contributed by atoms with E-state index in [1.807, 2.05) is 12.1 Å². The van der Waals surface area contributed by atoms with Crippen LogP contribution < -0.4 is 5.32 Å². The van der Waals surface area contributed by atoms with Gasteiger partial charge in [0, 0.05) is 11.3 Å². The van der Waals surface area contributed by atoms with Gasteiger partial charge < -0.3 is 19.9 Å². The molecule has 2 heterocycles. The summed E-state index contributed by atoms with van der Waals surface area (Å²) in [6, 6.07) is 13.9. The van der Waals surface area contributed by atoms with Gasteiger partial charge in [0.25, 0.3) is 0 Å². The fourth-order valence-electron chi connectivity index (χ4n) is 3.68. The van der Waals surface area contributed by atoms with Crippen LogP contribution >= 0.6 is 0 Å². The Labute approximate surface area is 148 Å². The van der Waals surface area contributed by atoms with Crippen LogP contribution in [-0.4, -0.2) is 24.4 Å². The third kappa shape index (κ3) is 3.00. The average molecular weight is 339 g/mol. The molecule has 4 rings (SSSR count). The summed E-state index contributed by atoms with van der Waals surface area (Å²) in [4.78, 5) is 0. The lowest BCUT2D eigenvalue weighted by Crippen LogP contribution is -2.43. The molecule has 0 spiro atoms. The number of fused-ring (bicyclic) bond motifs is 3. The molecule has 0 amide bonds. The van der Waals surface area contributed by atoms with Gasteiger partial charge in [-0.2, -0.15) is 0 Å². The lowest BCUT2D eigenvalue weighted by Gasteiger charge is -2.43. The lowest BCUT2D eigenvalue weighted by atomic mass is 9.82. The summed E-state index contributed by atoms with van der Waals surface area (Å²) in [7, 11) is 0. The monoisotopic (exact) mass is 339 g/mol. The minimum absolute atomic E-state index is 0.00103. The van der Waals surface area contributed by atoms with E-state index in [0.29, 0.717) is 13.2 Å². The van der Waals surface area contributed by atoms with Crippen LogP contribution in [0, 0.1) is 0 Å². The van der Waals surface area contributed by atoms with Crippen LogP contribution in [0.3, 0.4) is 0 Å². The molecule has 2 aromatic carbocycles. The van der Waals surface area contributed by atoms with Gasteiger partial charge in [0.05, 0.1) is 19.3 Å². The first-order valence-electron chi connectivity index (χ1n) is 8.86. The number of hydrogen-bond donors (Lipinski definition) is 2. The predicted octanol–water partition coefficient (Wildman–Crippen LogP) is 4.31. The standard InChI is InChI=1S/C21H25NO3/c1-21(2,3)14-6-9-17-16(12-14)19-20(25-11-10-24-19)18(22-17)13-4-7-15(23)8-5-13/h4-9,12,18-20,22-23H,10-11H2,1-3H3/t18-,19+,20-/m0/s1. The number of hydrogen-bond acceptors (Lipinski definition) is 4. The van der Waals surface area contributed by atoms with Crippen LogP contribution in [0.4, 0.5) is 5.69 Å². The van der Waals surface area contributed by atoms with Crippen LogP contribution in [-0.2, 0) is 14.9 Å². The van der Waals surface area contributed by atoms with Crippen molar-refractivity contribution >= 4 is 5.69 Å². The van der Waals surface area contributed by atoms with E-state index in [4.69, 9.17) is 9.47 Å². The maximum absolute atomic E-state index is 9.58. The van der Waals surface area contributed by atoms with Crippen molar-refractivity contribution < 1.29 is 14.6 Å². The zero-order valence-electron chi connectivity index (χ0n) is 15.0. The second kappa shape index (κ2) is 6.04. The molecule has 2 aliphatic heterocycles. The molecule has 0 saturated carbocycles. The minimum Gasteiger partial charge on any atom is -0.508 e. The van der Waals surface area contributed by atoms with Crippen molar-refractivity contribution in [3.63, 3.8) is 0 Å². The molecule has 2 aliphatic rings. The Balaban J connectivity index is 1.76. The molecular weight excluding hydrogens is 314 g/mol. The molecule has 0 bridgehead atoms. The summed E-state index contributed by atoms with van der Waals surface area (Å²) in [5.41, 5.74) is 4.74. The highest BCUT2D eigenvalue weighted by Gasteiger charge is 2.41. The summed E-state index contributed by atoms with van der Waals surface area (Å²) in [6.07, 6.45) is -0.160. The largest absolute Gasteiger partial charge is 0.508 e. The maximum atomic E-state index is 9.58. The minimum atomic E-state index is -0.0824. The van der Waals surface area contributed by atoms with Gasteiger partial charge in [-0.25, -0.2) is 0 Å². The van der Waals surface area contributed by atoms with Crippen LogP contribution in [0.5, 0.6) is 5.75 Å². The third-order valence-corrected chi connectivity index (χ3v) is 5.11. The molecule has 0 aliphatic carbocycles. The van der Waals surface area contributed by atoms with E-state index < -0.39 is 0 Å². The maximum Gasteiger partial charge on any atom is 0.115 e. The Hall–Kier alpha value is -2.04. The van der Waals surface area contributed by atoms with Crippen molar-refractivity contribution in [3.8, 4) is 5.75 Å². The summed E-state index contributed by atoms with van der Waals surface area (Å²) < 4.78 is 12.2. The second-order valence-corrected chi connectivity index (χ2v) is 7.89. The van der Waals surface area contributed by atoms with Gasteiger partial charge in [0.1, 0.15) is 18.0 Å². The van der Waals surface area contributed by atoms with E-state index in [0.717, 1.165) is 11.3 Å². The molecule has 4 heteroatoms. The summed E-state index contributed by atoms with van der Waals surface area (Å²) in [6.45, 7) is 7.88. The van der Waals surface area contributed by atoms with Gasteiger partial charge in [-0.3, -0.25) is 0 Å². The molecule has 4 nitrogen and oxygen atoms in total. The number of aromatic hydroxyl groups is 1. The van der Waals surface area contributed by atoms with Crippen molar-refractivity contribution in [2.24, 2.45) is 0 Å². The van der Waals surface area contributed by atoms with Crippen molar-refractivity contribution in [1.29, 1.82) is 0 Å². The Morgan fingerprint density at radius 1 is 1.00 bits per heavy atom. The molecule has 0 unspecified atom stereocenters. The van der Waals surface area contributed by atoms with Crippen molar-refractivity contribution in [2.75, 3.05) is 18.5 Å². The number of anilines is 1. The van der Waals surface area contributed by atoms with E-state index in [1.165, 1.54) is 11.1 Å². The molecule has 2 N–H and O–H groups in total. The average Bonchev–Trinajstić information content (AvgIpc) is 2.60. The molecule has 3 atom stereocenters. The van der Waals surface area contributed by atoms with Gasteiger partial charge in [-0.05, 0) is 34.7 Å². The Morgan fingerprint density at radius 3 is 2.44 bits per heavy atom. The van der Waals surface area contributed by atoms with Crippen molar-refractivity contribution in [3.05, 3.63) is 59.2 Å². The van der Waals surface area contributed by atoms with Crippen LogP contribution in [0.1, 0.15) is 49.6 Å². The SMILES string of the molecule is CC(C)(C)c1ccc2c(c1)[C@H]1OCCO[C@H]1[C@H](c1ccc(O)cc1)N2. The summed E-state index contributed by atoms with van der Waals surface area (Å²) >= 11 is 0. The number of rotatable bonds is 1. The molecule has 25 heavy (non-hydrogen) atoms. The highest BCUT2D eigenvalue weighted by Crippen LogP contribution is 2.45. The van der Waals surface area contributed by atoms with Crippen molar-refractivity contribution in [1.82, 2.24) is 0 Å². The van der Waals surface area contributed by atoms with Crippen LogP contribution in [0.2, 0.25) is 0 Å².